The van der Waals surface area contributed by atoms with E-state index in [4.69, 9.17) is 9.84 Å². The molecular formula is C13H13NO6. The Kier molecular flexibility index (Phi) is 3.69. The van der Waals surface area contributed by atoms with E-state index in [0.717, 1.165) is 0 Å². The van der Waals surface area contributed by atoms with Crippen molar-refractivity contribution in [3.05, 3.63) is 33.4 Å². The Balaban J connectivity index is 2.49. The van der Waals surface area contributed by atoms with Crippen LogP contribution >= 0.6 is 0 Å². The molecular weight excluding hydrogens is 266 g/mol. The fourth-order valence-electron chi connectivity index (χ4n) is 2.24. The quantitative estimate of drug-likeness (QED) is 0.652. The molecule has 2 rings (SSSR count). The average molecular weight is 279 g/mol. The first-order valence-electron chi connectivity index (χ1n) is 6.18. The molecule has 0 radical (unpaired) electrons. The van der Waals surface area contributed by atoms with E-state index in [1.807, 2.05) is 0 Å². The summed E-state index contributed by atoms with van der Waals surface area (Å²) in [5, 5.41) is 20.1. The normalized spacial score (nSPS) is 14.8. The van der Waals surface area contributed by atoms with E-state index in [1.165, 1.54) is 6.07 Å². The van der Waals surface area contributed by atoms with Crippen LogP contribution in [0.25, 0.3) is 0 Å². The number of Topliss-reactive ketones (excluding diaryl/α,β-unsaturated/α-hetero) is 1. The fraction of sp³-hybridized carbons (Fsp3) is 0.385. The summed E-state index contributed by atoms with van der Waals surface area (Å²) in [6, 6.07) is 2.94. The van der Waals surface area contributed by atoms with Crippen molar-refractivity contribution in [1.29, 1.82) is 0 Å². The maximum Gasteiger partial charge on any atom is 0.344 e. The molecule has 0 amide bonds. The standard InChI is InChI=1S/C13H13NO6/c1-2-9(13(16)17)20-10-6-4-7-3-5-8(15)11(7)12(10)14(18)19/h4,6,9H,2-3,5H2,1H3,(H,16,17). The number of carbonyl (C=O) groups is 2. The smallest absolute Gasteiger partial charge is 0.344 e. The van der Waals surface area contributed by atoms with E-state index in [1.54, 1.807) is 13.0 Å². The Morgan fingerprint density at radius 3 is 2.75 bits per heavy atom. The third-order valence-corrected chi connectivity index (χ3v) is 3.23. The first-order valence-corrected chi connectivity index (χ1v) is 6.18. The molecule has 1 aliphatic carbocycles. The number of rotatable bonds is 5. The van der Waals surface area contributed by atoms with Crippen molar-refractivity contribution < 1.29 is 24.4 Å². The molecule has 1 unspecified atom stereocenters. The van der Waals surface area contributed by atoms with Gasteiger partial charge in [-0.2, -0.15) is 0 Å². The molecule has 1 aliphatic rings. The lowest BCUT2D eigenvalue weighted by Crippen LogP contribution is -2.26. The molecule has 0 aliphatic heterocycles. The van der Waals surface area contributed by atoms with Gasteiger partial charge in [-0.25, -0.2) is 4.79 Å². The summed E-state index contributed by atoms with van der Waals surface area (Å²) in [5.74, 6) is -1.67. The molecule has 106 valence electrons. The van der Waals surface area contributed by atoms with Crippen molar-refractivity contribution in [2.45, 2.75) is 32.3 Å². The number of nitro benzene ring substituents is 1. The Hall–Kier alpha value is -2.44. The number of carbonyl (C=O) groups excluding carboxylic acids is 1. The second-order valence-corrected chi connectivity index (χ2v) is 4.48. The highest BCUT2D eigenvalue weighted by molar-refractivity contribution is 6.05. The molecule has 0 fully saturated rings. The number of benzene rings is 1. The maximum atomic E-state index is 11.8. The molecule has 1 aromatic rings. The van der Waals surface area contributed by atoms with E-state index in [0.29, 0.717) is 12.0 Å². The van der Waals surface area contributed by atoms with E-state index in [2.05, 4.69) is 0 Å². The number of aliphatic carboxylic acids is 1. The van der Waals surface area contributed by atoms with Crippen LogP contribution in [0.4, 0.5) is 5.69 Å². The summed E-state index contributed by atoms with van der Waals surface area (Å²) in [6.07, 6.45) is -0.318. The van der Waals surface area contributed by atoms with Crippen molar-refractivity contribution >= 4 is 17.4 Å². The molecule has 0 spiro atoms. The third kappa shape index (κ3) is 2.34. The number of ether oxygens (including phenoxy) is 1. The largest absolute Gasteiger partial charge is 0.479 e. The Morgan fingerprint density at radius 1 is 1.50 bits per heavy atom. The lowest BCUT2D eigenvalue weighted by molar-refractivity contribution is -0.386. The predicted molar refractivity (Wildman–Crippen MR) is 68.1 cm³/mol. The Bertz CT molecular complexity index is 595. The molecule has 0 aromatic heterocycles. The minimum atomic E-state index is -1.20. The fourth-order valence-corrected chi connectivity index (χ4v) is 2.24. The summed E-state index contributed by atoms with van der Waals surface area (Å²) in [5.41, 5.74) is 0.231. The first-order chi connectivity index (χ1) is 9.45. The van der Waals surface area contributed by atoms with Gasteiger partial charge in [0.2, 0.25) is 0 Å². The molecule has 0 saturated heterocycles. The molecule has 0 bridgehead atoms. The van der Waals surface area contributed by atoms with E-state index in [-0.39, 0.29) is 29.9 Å². The highest BCUT2D eigenvalue weighted by Gasteiger charge is 2.34. The third-order valence-electron chi connectivity index (χ3n) is 3.23. The van der Waals surface area contributed by atoms with Gasteiger partial charge in [-0.05, 0) is 24.5 Å². The van der Waals surface area contributed by atoms with E-state index >= 15 is 0 Å². The summed E-state index contributed by atoms with van der Waals surface area (Å²) in [6.45, 7) is 1.60. The molecule has 1 aromatic carbocycles. The number of ketones is 1. The van der Waals surface area contributed by atoms with Crippen LogP contribution in [0.2, 0.25) is 0 Å². The topological polar surface area (TPSA) is 107 Å². The van der Waals surface area contributed by atoms with Crippen LogP contribution in [0, 0.1) is 10.1 Å². The van der Waals surface area contributed by atoms with Gasteiger partial charge in [0.25, 0.3) is 0 Å². The monoisotopic (exact) mass is 279 g/mol. The number of carboxylic acid groups (broad SMARTS) is 1. The predicted octanol–water partition coefficient (Wildman–Crippen LogP) is 1.97. The van der Waals surface area contributed by atoms with E-state index < -0.39 is 22.7 Å². The van der Waals surface area contributed by atoms with Gasteiger partial charge in [0.15, 0.2) is 17.6 Å². The zero-order valence-electron chi connectivity index (χ0n) is 10.8. The minimum Gasteiger partial charge on any atom is -0.479 e. The zero-order valence-corrected chi connectivity index (χ0v) is 10.8. The molecule has 7 nitrogen and oxygen atoms in total. The minimum absolute atomic E-state index is 0.0488. The highest BCUT2D eigenvalue weighted by atomic mass is 16.6. The van der Waals surface area contributed by atoms with Crippen molar-refractivity contribution in [3.8, 4) is 5.75 Å². The van der Waals surface area contributed by atoms with Crippen molar-refractivity contribution in [2.24, 2.45) is 0 Å². The van der Waals surface area contributed by atoms with Crippen molar-refractivity contribution in [2.75, 3.05) is 0 Å². The van der Waals surface area contributed by atoms with Crippen molar-refractivity contribution in [1.82, 2.24) is 0 Å². The second-order valence-electron chi connectivity index (χ2n) is 4.48. The van der Waals surface area contributed by atoms with Crippen LogP contribution < -0.4 is 4.74 Å². The van der Waals surface area contributed by atoms with Crippen molar-refractivity contribution in [3.63, 3.8) is 0 Å². The maximum absolute atomic E-state index is 11.8. The van der Waals surface area contributed by atoms with Crippen LogP contribution in [0.15, 0.2) is 12.1 Å². The number of nitrogens with zero attached hydrogens (tertiary/aromatic N) is 1. The van der Waals surface area contributed by atoms with Gasteiger partial charge < -0.3 is 9.84 Å². The van der Waals surface area contributed by atoms with Crippen LogP contribution in [0.3, 0.4) is 0 Å². The van der Waals surface area contributed by atoms with Gasteiger partial charge >= 0.3 is 11.7 Å². The van der Waals surface area contributed by atoms with Crippen LogP contribution in [0.5, 0.6) is 5.75 Å². The molecule has 1 N–H and O–H groups in total. The SMILES string of the molecule is CCC(Oc1ccc2c(c1[N+](=O)[O-])C(=O)CC2)C(=O)O. The summed E-state index contributed by atoms with van der Waals surface area (Å²) in [4.78, 5) is 33.2. The lowest BCUT2D eigenvalue weighted by Gasteiger charge is -2.14. The highest BCUT2D eigenvalue weighted by Crippen LogP contribution is 2.38. The lowest BCUT2D eigenvalue weighted by atomic mass is 10.1. The average Bonchev–Trinajstić information content (AvgIpc) is 2.76. The van der Waals surface area contributed by atoms with Gasteiger partial charge in [-0.3, -0.25) is 14.9 Å². The van der Waals surface area contributed by atoms with Gasteiger partial charge in [0, 0.05) is 6.42 Å². The Labute approximate surface area is 114 Å². The number of hydrogen-bond acceptors (Lipinski definition) is 5. The number of nitro groups is 1. The molecule has 0 saturated carbocycles. The van der Waals surface area contributed by atoms with Crippen LogP contribution in [-0.2, 0) is 11.2 Å². The number of hydrogen-bond donors (Lipinski definition) is 1. The van der Waals surface area contributed by atoms with Gasteiger partial charge in [-0.1, -0.05) is 13.0 Å². The van der Waals surface area contributed by atoms with Crippen LogP contribution in [0.1, 0.15) is 35.7 Å². The van der Waals surface area contributed by atoms with Gasteiger partial charge in [0.1, 0.15) is 5.56 Å². The van der Waals surface area contributed by atoms with Crippen LogP contribution in [-0.4, -0.2) is 27.9 Å². The number of fused-ring (bicyclic) bond motifs is 1. The number of aryl methyl sites for hydroxylation is 1. The molecule has 0 heterocycles. The summed E-state index contributed by atoms with van der Waals surface area (Å²) < 4.78 is 5.20. The molecule has 1 atom stereocenters. The summed E-state index contributed by atoms with van der Waals surface area (Å²) in [7, 11) is 0. The first kappa shape index (κ1) is 14.0. The molecule has 7 heteroatoms. The zero-order chi connectivity index (χ0) is 14.9. The summed E-state index contributed by atoms with van der Waals surface area (Å²) >= 11 is 0. The second kappa shape index (κ2) is 5.28. The Morgan fingerprint density at radius 2 is 2.20 bits per heavy atom. The van der Waals surface area contributed by atoms with E-state index in [9.17, 15) is 19.7 Å². The van der Waals surface area contributed by atoms with Gasteiger partial charge in [-0.15, -0.1) is 0 Å². The van der Waals surface area contributed by atoms with Gasteiger partial charge in [0.05, 0.1) is 4.92 Å². The number of carboxylic acids is 1. The molecule has 20 heavy (non-hydrogen) atoms.